The minimum atomic E-state index is -4.69. The number of nitrogens with one attached hydrogen (secondary N) is 5. The lowest BCUT2D eigenvalue weighted by Gasteiger charge is -2.10. The van der Waals surface area contributed by atoms with Gasteiger partial charge in [0.1, 0.15) is 11.4 Å². The van der Waals surface area contributed by atoms with Gasteiger partial charge in [0.2, 0.25) is 0 Å². The Morgan fingerprint density at radius 2 is 0.909 bits per heavy atom. The number of carbonyl (C=O) groups is 2. The van der Waals surface area contributed by atoms with Crippen LogP contribution >= 0.6 is 0 Å². The highest BCUT2D eigenvalue weighted by Gasteiger charge is 2.11. The molecule has 0 spiro atoms. The second kappa shape index (κ2) is 16.8. The van der Waals surface area contributed by atoms with E-state index in [2.05, 4.69) is 31.6 Å². The molecule has 1 aliphatic rings. The third kappa shape index (κ3) is 23.2. The van der Waals surface area contributed by atoms with Crippen LogP contribution in [0.5, 0.6) is 0 Å². The van der Waals surface area contributed by atoms with E-state index in [9.17, 15) is 9.59 Å². The molecule has 33 heavy (non-hydrogen) atoms. The predicted octanol–water partition coefficient (Wildman–Crippen LogP) is -9.92. The number of aromatic nitrogens is 1. The number of hydrogen-bond donors (Lipinski definition) is 7. The largest absolute Gasteiger partial charge is 0.349 e. The lowest BCUT2D eigenvalue weighted by molar-refractivity contribution is -1.92. The summed E-state index contributed by atoms with van der Waals surface area (Å²) in [5.41, 5.74) is 0.497. The number of fused-ring (bicyclic) bond motifs is 2. The molecule has 0 fully saturated rings. The normalized spacial score (nSPS) is 17.0. The van der Waals surface area contributed by atoms with E-state index < -0.39 is 20.5 Å². The van der Waals surface area contributed by atoms with Crippen LogP contribution in [0.1, 0.15) is 21.0 Å². The highest BCUT2D eigenvalue weighted by atomic mass is 35.7. The maximum absolute atomic E-state index is 12.0. The van der Waals surface area contributed by atoms with E-state index in [0.29, 0.717) is 26.2 Å². The molecule has 1 aromatic rings. The van der Waals surface area contributed by atoms with Crippen LogP contribution in [0.4, 0.5) is 0 Å². The van der Waals surface area contributed by atoms with Crippen molar-refractivity contribution in [1.82, 2.24) is 31.6 Å². The molecule has 0 atom stereocenters. The minimum Gasteiger partial charge on any atom is -0.349 e. The second-order valence-electron chi connectivity index (χ2n) is 5.96. The molecule has 2 bridgehead atoms. The molecule has 1 aliphatic heterocycles. The Bertz CT molecular complexity index is 639. The molecule has 2 rings (SSSR count). The van der Waals surface area contributed by atoms with Crippen LogP contribution in [0.25, 0.3) is 0 Å². The van der Waals surface area contributed by atoms with Gasteiger partial charge in [-0.2, -0.15) is 28.0 Å². The van der Waals surface area contributed by atoms with Gasteiger partial charge in [-0.15, -0.1) is 0 Å². The Kier molecular flexibility index (Phi) is 15.9. The maximum Gasteiger partial charge on any atom is 0.269 e. The maximum atomic E-state index is 12.0. The smallest absolute Gasteiger partial charge is 0.269 e. The van der Waals surface area contributed by atoms with E-state index in [0.717, 1.165) is 26.2 Å². The van der Waals surface area contributed by atoms with Crippen LogP contribution in [-0.2, 0) is 0 Å². The van der Waals surface area contributed by atoms with Gasteiger partial charge in [0.15, 0.2) is 0 Å². The van der Waals surface area contributed by atoms with Gasteiger partial charge in [0.05, 0.1) is 29.8 Å². The van der Waals surface area contributed by atoms with Gasteiger partial charge in [-0.05, 0) is 12.1 Å². The quantitative estimate of drug-likeness (QED) is 0.167. The molecular weight excluding hydrogens is 495 g/mol. The minimum absolute atomic E-state index is 0.249. The van der Waals surface area contributed by atoms with Crippen LogP contribution in [0, 0.1) is 20.5 Å². The van der Waals surface area contributed by atoms with Crippen molar-refractivity contribution in [2.24, 2.45) is 0 Å². The van der Waals surface area contributed by atoms with E-state index in [1.165, 1.54) is 0 Å². The van der Waals surface area contributed by atoms with E-state index in [1.54, 1.807) is 18.2 Å². The predicted molar refractivity (Wildman–Crippen MR) is 92.0 cm³/mol. The molecule has 0 radical (unpaired) electrons. The number of rotatable bonds is 0. The molecular formula is C15H26Cl2N6O10. The summed E-state index contributed by atoms with van der Waals surface area (Å²) in [5.74, 6) is -0.551. The highest BCUT2D eigenvalue weighted by molar-refractivity contribution is 5.96. The Hall–Kier alpha value is -1.77. The average molecular weight is 521 g/mol. The van der Waals surface area contributed by atoms with Gasteiger partial charge in [0.25, 0.3) is 11.8 Å². The average Bonchev–Trinajstić information content (AvgIpc) is 2.68. The monoisotopic (exact) mass is 520 g/mol. The molecule has 16 nitrogen and oxygen atoms in total. The van der Waals surface area contributed by atoms with Crippen molar-refractivity contribution in [2.45, 2.75) is 0 Å². The van der Waals surface area contributed by atoms with Crippen LogP contribution in [0.3, 0.4) is 0 Å². The van der Waals surface area contributed by atoms with Gasteiger partial charge in [-0.25, -0.2) is 4.98 Å². The molecule has 2 amide bonds. The summed E-state index contributed by atoms with van der Waals surface area (Å²) in [6.07, 6.45) is 0. The van der Waals surface area contributed by atoms with Gasteiger partial charge < -0.3 is 26.6 Å². The van der Waals surface area contributed by atoms with Gasteiger partial charge in [0, 0.05) is 52.4 Å². The fourth-order valence-electron chi connectivity index (χ4n) is 2.13. The Balaban J connectivity index is 0.000000859. The van der Waals surface area contributed by atoms with Crippen LogP contribution in [0.2, 0.25) is 0 Å². The summed E-state index contributed by atoms with van der Waals surface area (Å²) < 4.78 is 65.4. The molecule has 0 aliphatic carbocycles. The SMILES string of the molecule is O=C1NCCNCCNCCNCCNC(=O)c2cccc1n2.[O-][Cl+3]([O-])([O-])O.[O-][Cl+3]([O-])([O-])O. The van der Waals surface area contributed by atoms with Crippen LogP contribution in [0.15, 0.2) is 18.2 Å². The lowest BCUT2D eigenvalue weighted by atomic mass is 10.2. The zero-order chi connectivity index (χ0) is 25.3. The summed E-state index contributed by atoms with van der Waals surface area (Å²) in [5, 5.41) is 15.4. The first-order valence-electron chi connectivity index (χ1n) is 9.19. The molecule has 0 aromatic carbocycles. The van der Waals surface area contributed by atoms with Crippen molar-refractivity contribution in [2.75, 3.05) is 52.4 Å². The van der Waals surface area contributed by atoms with E-state index in [4.69, 9.17) is 37.3 Å². The summed E-state index contributed by atoms with van der Waals surface area (Å²) in [6, 6.07) is 4.87. The van der Waals surface area contributed by atoms with Gasteiger partial charge in [-0.3, -0.25) is 9.59 Å². The van der Waals surface area contributed by atoms with Gasteiger partial charge in [-0.1, -0.05) is 6.07 Å². The number of halogens is 2. The first-order chi connectivity index (χ1) is 15.3. The van der Waals surface area contributed by atoms with E-state index in [1.807, 2.05) is 0 Å². The van der Waals surface area contributed by atoms with Crippen LogP contribution in [-0.4, -0.2) is 78.5 Å². The number of nitrogens with zero attached hydrogens (tertiary/aromatic N) is 1. The number of pyridine rings is 1. The Morgan fingerprint density at radius 3 is 1.21 bits per heavy atom. The van der Waals surface area contributed by atoms with Gasteiger partial charge >= 0.3 is 0 Å². The molecule has 0 saturated carbocycles. The molecule has 2 heterocycles. The summed E-state index contributed by atoms with van der Waals surface area (Å²) in [6.45, 7) is 5.83. The standard InChI is InChI=1S/C15H24N6O2.2ClHO4/c22-14-12-2-1-3-13(21-12)15(23)20-11-9-18-7-5-16-4-6-17-8-10-19-14;2*2-1(3,4)5/h1-3,16-18H,4-11H2,(H,19,22)(H,20,23);2*(H,2,3,4,5). The summed E-state index contributed by atoms with van der Waals surface area (Å²) in [7, 11) is -9.39. The summed E-state index contributed by atoms with van der Waals surface area (Å²) >= 11 is 0. The molecule has 18 heteroatoms. The summed E-state index contributed by atoms with van der Waals surface area (Å²) in [4.78, 5) is 28.2. The Morgan fingerprint density at radius 1 is 0.636 bits per heavy atom. The molecule has 7 N–H and O–H groups in total. The van der Waals surface area contributed by atoms with Crippen molar-refractivity contribution in [1.29, 1.82) is 0 Å². The third-order valence-electron chi connectivity index (χ3n) is 3.35. The molecule has 0 unspecified atom stereocenters. The van der Waals surface area contributed by atoms with E-state index >= 15 is 0 Å². The lowest BCUT2D eigenvalue weighted by Crippen LogP contribution is -2.58. The number of hydrogen-bond acceptors (Lipinski definition) is 14. The number of carbonyl (C=O) groups excluding carboxylic acids is 2. The third-order valence-corrected chi connectivity index (χ3v) is 3.35. The topological polar surface area (TPSA) is 286 Å². The fraction of sp³-hybridized carbons (Fsp3) is 0.533. The van der Waals surface area contributed by atoms with E-state index in [-0.39, 0.29) is 23.2 Å². The zero-order valence-corrected chi connectivity index (χ0v) is 18.8. The molecule has 0 saturated heterocycles. The number of amides is 2. The fourth-order valence-corrected chi connectivity index (χ4v) is 2.13. The second-order valence-corrected chi connectivity index (χ2v) is 7.55. The van der Waals surface area contributed by atoms with Crippen molar-refractivity contribution in [3.8, 4) is 0 Å². The van der Waals surface area contributed by atoms with Crippen molar-refractivity contribution >= 4 is 11.8 Å². The zero-order valence-electron chi connectivity index (χ0n) is 17.3. The highest BCUT2D eigenvalue weighted by Crippen LogP contribution is 1.99. The van der Waals surface area contributed by atoms with Crippen LogP contribution < -0.4 is 54.5 Å². The first-order valence-corrected chi connectivity index (χ1v) is 11.7. The first kappa shape index (κ1) is 31.2. The molecule has 190 valence electrons. The van der Waals surface area contributed by atoms with Crippen molar-refractivity contribution in [3.63, 3.8) is 0 Å². The molecule has 1 aromatic heterocycles. The van der Waals surface area contributed by atoms with Crippen molar-refractivity contribution in [3.05, 3.63) is 29.6 Å². The Labute approximate surface area is 193 Å². The van der Waals surface area contributed by atoms with Crippen molar-refractivity contribution < 1.29 is 67.3 Å².